The van der Waals surface area contributed by atoms with Crippen LogP contribution in [0.1, 0.15) is 38.3 Å². The van der Waals surface area contributed by atoms with Crippen molar-refractivity contribution in [3.8, 4) is 26.9 Å². The number of likely N-dealkylation sites (tertiary alicyclic amines) is 1. The average molecular weight is 500 g/mol. The fourth-order valence-corrected chi connectivity index (χ4v) is 5.55. The first-order valence-corrected chi connectivity index (χ1v) is 12.9. The molecule has 0 radical (unpaired) electrons. The lowest BCUT2D eigenvalue weighted by Crippen LogP contribution is -2.25. The van der Waals surface area contributed by atoms with Crippen LogP contribution in [0.15, 0.2) is 36.4 Å². The Morgan fingerprint density at radius 3 is 2.74 bits per heavy atom. The first-order chi connectivity index (χ1) is 16.4. The fraction of sp³-hybridized carbons (Fsp3) is 0.423. The van der Waals surface area contributed by atoms with Crippen molar-refractivity contribution in [2.75, 3.05) is 19.6 Å². The minimum Gasteiger partial charge on any atom is -0.489 e. The number of halogens is 1. The van der Waals surface area contributed by atoms with Crippen molar-refractivity contribution < 1.29 is 14.6 Å². The van der Waals surface area contributed by atoms with Gasteiger partial charge in [0.2, 0.25) is 0 Å². The minimum atomic E-state index is -0.686. The van der Waals surface area contributed by atoms with E-state index in [9.17, 15) is 9.90 Å². The van der Waals surface area contributed by atoms with Crippen molar-refractivity contribution in [1.29, 1.82) is 0 Å². The Bertz CT molecular complexity index is 1160. The highest BCUT2D eigenvalue weighted by Crippen LogP contribution is 2.36. The highest BCUT2D eigenvalue weighted by Gasteiger charge is 2.27. The zero-order valence-electron chi connectivity index (χ0n) is 19.8. The molecule has 0 spiro atoms. The summed E-state index contributed by atoms with van der Waals surface area (Å²) in [5, 5.41) is 20.5. The van der Waals surface area contributed by atoms with E-state index in [-0.39, 0.29) is 12.0 Å². The summed E-state index contributed by atoms with van der Waals surface area (Å²) in [6.07, 6.45) is 2.58. The zero-order chi connectivity index (χ0) is 24.2. The molecule has 1 fully saturated rings. The van der Waals surface area contributed by atoms with Crippen LogP contribution in [0, 0.1) is 5.92 Å². The predicted octanol–water partition coefficient (Wildman–Crippen LogP) is 5.82. The maximum absolute atomic E-state index is 11.3. The largest absolute Gasteiger partial charge is 0.489 e. The van der Waals surface area contributed by atoms with Gasteiger partial charge in [-0.05, 0) is 69.0 Å². The molecule has 0 saturated carbocycles. The summed E-state index contributed by atoms with van der Waals surface area (Å²) in [6.45, 7) is 8.46. The zero-order valence-corrected chi connectivity index (χ0v) is 21.3. The Morgan fingerprint density at radius 2 is 2.06 bits per heavy atom. The minimum absolute atomic E-state index is 0.0558. The second-order valence-corrected chi connectivity index (χ2v) is 10.3. The van der Waals surface area contributed by atoms with E-state index in [0.717, 1.165) is 53.5 Å². The number of carboxylic acid groups (broad SMARTS) is 1. The van der Waals surface area contributed by atoms with Gasteiger partial charge in [-0.25, -0.2) is 0 Å². The molecule has 0 bridgehead atoms. The standard InChI is InChI=1S/C26H30ClN3O3S/c1-4-20-17(10-12-30-13-11-19(15-30)26(31)32)6-5-7-21(20)25-29-28-24(34-25)18-8-9-23(22(27)14-18)33-16(2)3/h5-9,14,16,19H,4,10-13,15H2,1-3H3,(H,31,32)/t19-/m0/s1. The molecule has 0 unspecified atom stereocenters. The Kier molecular flexibility index (Phi) is 7.86. The van der Waals surface area contributed by atoms with Crippen LogP contribution in [-0.4, -0.2) is 51.9 Å². The van der Waals surface area contributed by atoms with Crippen LogP contribution in [0.4, 0.5) is 0 Å². The van der Waals surface area contributed by atoms with Gasteiger partial charge in [0, 0.05) is 24.2 Å². The van der Waals surface area contributed by atoms with Gasteiger partial charge < -0.3 is 14.7 Å². The number of aromatic nitrogens is 2. The van der Waals surface area contributed by atoms with E-state index in [1.807, 2.05) is 32.0 Å². The number of benzene rings is 2. The fourth-order valence-electron chi connectivity index (χ4n) is 4.43. The molecule has 3 aromatic rings. The number of rotatable bonds is 9. The van der Waals surface area contributed by atoms with Crippen LogP contribution in [0.25, 0.3) is 21.1 Å². The topological polar surface area (TPSA) is 75.6 Å². The van der Waals surface area contributed by atoms with Crippen LogP contribution in [0.5, 0.6) is 5.75 Å². The molecular weight excluding hydrogens is 470 g/mol. The Hall–Kier alpha value is -2.48. The summed E-state index contributed by atoms with van der Waals surface area (Å²) < 4.78 is 5.73. The third-order valence-corrected chi connectivity index (χ3v) is 7.44. The molecule has 2 aromatic carbocycles. The van der Waals surface area contributed by atoms with Crippen LogP contribution in [-0.2, 0) is 17.6 Å². The molecule has 2 heterocycles. The van der Waals surface area contributed by atoms with Crippen molar-refractivity contribution in [3.05, 3.63) is 52.5 Å². The normalized spacial score (nSPS) is 16.3. The lowest BCUT2D eigenvalue weighted by Gasteiger charge is -2.17. The third kappa shape index (κ3) is 5.59. The number of nitrogens with zero attached hydrogens (tertiary/aromatic N) is 3. The Morgan fingerprint density at radius 1 is 1.26 bits per heavy atom. The molecule has 1 N–H and O–H groups in total. The van der Waals surface area contributed by atoms with Crippen LogP contribution in [0.2, 0.25) is 5.02 Å². The molecule has 6 nitrogen and oxygen atoms in total. The molecule has 1 atom stereocenters. The van der Waals surface area contributed by atoms with Crippen LogP contribution < -0.4 is 4.74 Å². The first kappa shape index (κ1) is 24.6. The molecule has 0 aliphatic carbocycles. The predicted molar refractivity (Wildman–Crippen MR) is 137 cm³/mol. The van der Waals surface area contributed by atoms with Crippen molar-refractivity contribution in [1.82, 2.24) is 15.1 Å². The quantitative estimate of drug-likeness (QED) is 0.399. The number of hydrogen-bond acceptors (Lipinski definition) is 6. The second-order valence-electron chi connectivity index (χ2n) is 8.90. The summed E-state index contributed by atoms with van der Waals surface area (Å²) in [4.78, 5) is 13.5. The Labute approximate surface area is 209 Å². The summed E-state index contributed by atoms with van der Waals surface area (Å²) >= 11 is 7.98. The average Bonchev–Trinajstić information content (AvgIpc) is 3.48. The SMILES string of the molecule is CCc1c(CCN2CC[C@H](C(=O)O)C2)cccc1-c1nnc(-c2ccc(OC(C)C)c(Cl)c2)s1. The van der Waals surface area contributed by atoms with Gasteiger partial charge in [0.1, 0.15) is 15.8 Å². The molecule has 34 heavy (non-hydrogen) atoms. The van der Waals surface area contributed by atoms with E-state index in [1.165, 1.54) is 11.1 Å². The summed E-state index contributed by atoms with van der Waals surface area (Å²) in [6, 6.07) is 12.1. The van der Waals surface area contributed by atoms with Gasteiger partial charge in [-0.15, -0.1) is 10.2 Å². The van der Waals surface area contributed by atoms with Crippen LogP contribution >= 0.6 is 22.9 Å². The van der Waals surface area contributed by atoms with Crippen molar-refractivity contribution in [3.63, 3.8) is 0 Å². The maximum Gasteiger partial charge on any atom is 0.307 e. The van der Waals surface area contributed by atoms with Crippen LogP contribution in [0.3, 0.4) is 0 Å². The lowest BCUT2D eigenvalue weighted by atomic mass is 9.97. The summed E-state index contributed by atoms with van der Waals surface area (Å²) in [5.74, 6) is -0.260. The monoisotopic (exact) mass is 499 g/mol. The Balaban J connectivity index is 1.52. The van der Waals surface area contributed by atoms with Gasteiger partial charge >= 0.3 is 5.97 Å². The van der Waals surface area contributed by atoms with Crippen molar-refractivity contribution in [2.24, 2.45) is 5.92 Å². The van der Waals surface area contributed by atoms with Gasteiger partial charge in [0.05, 0.1) is 17.0 Å². The van der Waals surface area contributed by atoms with E-state index >= 15 is 0 Å². The van der Waals surface area contributed by atoms with E-state index in [2.05, 4.69) is 40.2 Å². The van der Waals surface area contributed by atoms with E-state index in [0.29, 0.717) is 17.3 Å². The molecule has 0 amide bonds. The van der Waals surface area contributed by atoms with Crippen molar-refractivity contribution in [2.45, 2.75) is 46.1 Å². The third-order valence-electron chi connectivity index (χ3n) is 6.14. The summed E-state index contributed by atoms with van der Waals surface area (Å²) in [5.41, 5.74) is 4.59. The number of carbonyl (C=O) groups is 1. The number of carboxylic acids is 1. The maximum atomic E-state index is 11.3. The summed E-state index contributed by atoms with van der Waals surface area (Å²) in [7, 11) is 0. The highest BCUT2D eigenvalue weighted by molar-refractivity contribution is 7.17. The van der Waals surface area contributed by atoms with E-state index < -0.39 is 5.97 Å². The van der Waals surface area contributed by atoms with Gasteiger partial charge in [-0.3, -0.25) is 4.79 Å². The van der Waals surface area contributed by atoms with Gasteiger partial charge in [0.15, 0.2) is 0 Å². The molecule has 8 heteroatoms. The van der Waals surface area contributed by atoms with Crippen molar-refractivity contribution >= 4 is 28.9 Å². The number of ether oxygens (including phenoxy) is 1. The molecular formula is C26H30ClN3O3S. The second kappa shape index (κ2) is 10.8. The molecule has 1 aliphatic rings. The first-order valence-electron chi connectivity index (χ1n) is 11.7. The smallest absolute Gasteiger partial charge is 0.307 e. The number of hydrogen-bond donors (Lipinski definition) is 1. The van der Waals surface area contributed by atoms with Gasteiger partial charge in [0.25, 0.3) is 0 Å². The molecule has 1 aromatic heterocycles. The highest BCUT2D eigenvalue weighted by atomic mass is 35.5. The van der Waals surface area contributed by atoms with Gasteiger partial charge in [-0.2, -0.15) is 0 Å². The van der Waals surface area contributed by atoms with Gasteiger partial charge in [-0.1, -0.05) is 48.1 Å². The lowest BCUT2D eigenvalue weighted by molar-refractivity contribution is -0.141. The molecule has 1 aliphatic heterocycles. The van der Waals surface area contributed by atoms with E-state index in [4.69, 9.17) is 16.3 Å². The van der Waals surface area contributed by atoms with E-state index in [1.54, 1.807) is 11.3 Å². The molecule has 180 valence electrons. The molecule has 4 rings (SSSR count). The molecule has 1 saturated heterocycles. The number of aliphatic carboxylic acids is 1.